The largest absolute Gasteiger partial charge is 0.486 e. The first-order valence-corrected chi connectivity index (χ1v) is 9.29. The summed E-state index contributed by atoms with van der Waals surface area (Å²) >= 11 is 3.45. The molecular weight excluding hydrogens is 426 g/mol. The molecule has 28 heavy (non-hydrogen) atoms. The summed E-state index contributed by atoms with van der Waals surface area (Å²) < 4.78 is 16.8. The molecule has 0 bridgehead atoms. The number of ether oxygens (including phenoxy) is 3. The third-order valence-electron chi connectivity index (χ3n) is 4.02. The first-order valence-electron chi connectivity index (χ1n) is 8.50. The van der Waals surface area contributed by atoms with Crippen LogP contribution in [0.25, 0.3) is 10.8 Å². The van der Waals surface area contributed by atoms with E-state index in [1.807, 2.05) is 48.5 Å². The number of methoxy groups -OCH3 is 1. The molecular formula is C21H18BrNO5. The molecule has 0 aliphatic heterocycles. The topological polar surface area (TPSA) is 74.7 Å². The zero-order valence-electron chi connectivity index (χ0n) is 15.4. The molecule has 0 atom stereocenters. The molecule has 0 fully saturated rings. The van der Waals surface area contributed by atoms with Gasteiger partial charge in [-0.3, -0.25) is 4.79 Å². The Morgan fingerprint density at radius 3 is 2.46 bits per heavy atom. The Balaban J connectivity index is 2.13. The van der Waals surface area contributed by atoms with Crippen molar-refractivity contribution in [2.45, 2.75) is 20.1 Å². The maximum absolute atomic E-state index is 12.4. The van der Waals surface area contributed by atoms with E-state index >= 15 is 0 Å². The van der Waals surface area contributed by atoms with Crippen LogP contribution < -0.4 is 4.74 Å². The SMILES string of the molecule is COC(=O)c1nc(COC(C)=O)c2ccc(Br)cc2c1OCc1ccccc1. The minimum absolute atomic E-state index is 0.0335. The first kappa shape index (κ1) is 19.8. The van der Waals surface area contributed by atoms with Crippen LogP contribution in [0.4, 0.5) is 0 Å². The van der Waals surface area contributed by atoms with E-state index in [-0.39, 0.29) is 18.9 Å². The van der Waals surface area contributed by atoms with Gasteiger partial charge < -0.3 is 14.2 Å². The van der Waals surface area contributed by atoms with Gasteiger partial charge in [-0.15, -0.1) is 0 Å². The van der Waals surface area contributed by atoms with Gasteiger partial charge in [0.25, 0.3) is 0 Å². The maximum Gasteiger partial charge on any atom is 0.360 e. The summed E-state index contributed by atoms with van der Waals surface area (Å²) in [6.45, 7) is 1.52. The highest BCUT2D eigenvalue weighted by molar-refractivity contribution is 9.10. The van der Waals surface area contributed by atoms with Gasteiger partial charge >= 0.3 is 11.9 Å². The molecule has 144 valence electrons. The van der Waals surface area contributed by atoms with Crippen molar-refractivity contribution in [3.8, 4) is 5.75 Å². The highest BCUT2D eigenvalue weighted by atomic mass is 79.9. The van der Waals surface area contributed by atoms with E-state index in [1.165, 1.54) is 14.0 Å². The molecule has 0 aliphatic rings. The van der Waals surface area contributed by atoms with E-state index in [9.17, 15) is 9.59 Å². The van der Waals surface area contributed by atoms with E-state index < -0.39 is 11.9 Å². The van der Waals surface area contributed by atoms with Crippen LogP contribution in [0.3, 0.4) is 0 Å². The van der Waals surface area contributed by atoms with Crippen molar-refractivity contribution in [2.75, 3.05) is 7.11 Å². The van der Waals surface area contributed by atoms with E-state index in [4.69, 9.17) is 14.2 Å². The zero-order valence-corrected chi connectivity index (χ0v) is 17.0. The number of nitrogens with zero attached hydrogens (tertiary/aromatic N) is 1. The average Bonchev–Trinajstić information content (AvgIpc) is 2.70. The summed E-state index contributed by atoms with van der Waals surface area (Å²) in [5.41, 5.74) is 1.43. The Kier molecular flexibility index (Phi) is 6.26. The minimum Gasteiger partial charge on any atom is -0.486 e. The van der Waals surface area contributed by atoms with Gasteiger partial charge in [-0.1, -0.05) is 52.3 Å². The predicted octanol–water partition coefficient (Wildman–Crippen LogP) is 4.43. The lowest BCUT2D eigenvalue weighted by atomic mass is 10.1. The molecule has 0 amide bonds. The normalized spacial score (nSPS) is 10.5. The van der Waals surface area contributed by atoms with Crippen LogP contribution in [0.2, 0.25) is 0 Å². The maximum atomic E-state index is 12.4. The van der Waals surface area contributed by atoms with Crippen molar-refractivity contribution in [3.05, 3.63) is 70.0 Å². The van der Waals surface area contributed by atoms with Crippen LogP contribution >= 0.6 is 15.9 Å². The molecule has 1 heterocycles. The van der Waals surface area contributed by atoms with Crippen molar-refractivity contribution in [2.24, 2.45) is 0 Å². The fourth-order valence-corrected chi connectivity index (χ4v) is 3.08. The van der Waals surface area contributed by atoms with Crippen LogP contribution in [0, 0.1) is 0 Å². The number of carbonyl (C=O) groups excluding carboxylic acids is 2. The molecule has 1 aromatic heterocycles. The highest BCUT2D eigenvalue weighted by Crippen LogP contribution is 2.34. The molecule has 3 aromatic rings. The van der Waals surface area contributed by atoms with Crippen LogP contribution in [0.1, 0.15) is 28.7 Å². The van der Waals surface area contributed by atoms with Gasteiger partial charge in [0.1, 0.15) is 13.2 Å². The van der Waals surface area contributed by atoms with Gasteiger partial charge in [-0.2, -0.15) is 0 Å². The van der Waals surface area contributed by atoms with Crippen molar-refractivity contribution in [1.82, 2.24) is 4.98 Å². The van der Waals surface area contributed by atoms with Gasteiger partial charge in [0.05, 0.1) is 12.8 Å². The molecule has 0 unspecified atom stereocenters. The highest BCUT2D eigenvalue weighted by Gasteiger charge is 2.22. The van der Waals surface area contributed by atoms with Gasteiger partial charge in [0.2, 0.25) is 0 Å². The number of rotatable bonds is 6. The van der Waals surface area contributed by atoms with E-state index in [2.05, 4.69) is 20.9 Å². The van der Waals surface area contributed by atoms with Crippen LogP contribution in [0.5, 0.6) is 5.75 Å². The third-order valence-corrected chi connectivity index (χ3v) is 4.51. The second-order valence-electron chi connectivity index (χ2n) is 5.97. The Hall–Kier alpha value is -2.93. The third kappa shape index (κ3) is 4.48. The molecule has 0 saturated heterocycles. The lowest BCUT2D eigenvalue weighted by molar-refractivity contribution is -0.142. The number of esters is 2. The number of fused-ring (bicyclic) bond motifs is 1. The molecule has 0 radical (unpaired) electrons. The Bertz CT molecular complexity index is 1020. The number of aromatic nitrogens is 1. The van der Waals surface area contributed by atoms with Gasteiger partial charge in [0, 0.05) is 22.2 Å². The van der Waals surface area contributed by atoms with Crippen molar-refractivity contribution in [3.63, 3.8) is 0 Å². The number of hydrogen-bond acceptors (Lipinski definition) is 6. The van der Waals surface area contributed by atoms with Crippen LogP contribution in [0.15, 0.2) is 53.0 Å². The molecule has 6 nitrogen and oxygen atoms in total. The summed E-state index contributed by atoms with van der Waals surface area (Å²) in [5.74, 6) is -0.747. The number of hydrogen-bond donors (Lipinski definition) is 0. The number of halogens is 1. The summed E-state index contributed by atoms with van der Waals surface area (Å²) in [6, 6.07) is 15.1. The summed E-state index contributed by atoms with van der Waals surface area (Å²) in [6.07, 6.45) is 0. The molecule has 0 saturated carbocycles. The summed E-state index contributed by atoms with van der Waals surface area (Å²) in [4.78, 5) is 28.0. The van der Waals surface area contributed by atoms with Crippen molar-refractivity contribution < 1.29 is 23.8 Å². The van der Waals surface area contributed by atoms with Crippen LogP contribution in [-0.2, 0) is 27.5 Å². The predicted molar refractivity (Wildman–Crippen MR) is 107 cm³/mol. The molecule has 3 rings (SSSR count). The lowest BCUT2D eigenvalue weighted by Gasteiger charge is -2.16. The molecule has 2 aromatic carbocycles. The fraction of sp³-hybridized carbons (Fsp3) is 0.190. The van der Waals surface area contributed by atoms with Gasteiger partial charge in [-0.25, -0.2) is 9.78 Å². The second kappa shape index (κ2) is 8.84. The van der Waals surface area contributed by atoms with Crippen molar-refractivity contribution in [1.29, 1.82) is 0 Å². The standard InChI is InChI=1S/C21H18BrNO5/c1-13(24)27-12-18-16-9-8-15(22)10-17(16)20(19(23-18)21(25)26-2)28-11-14-6-4-3-5-7-14/h3-10H,11-12H2,1-2H3. The van der Waals surface area contributed by atoms with E-state index in [0.717, 1.165) is 15.4 Å². The monoisotopic (exact) mass is 443 g/mol. The molecule has 0 aliphatic carbocycles. The zero-order chi connectivity index (χ0) is 20.1. The van der Waals surface area contributed by atoms with Gasteiger partial charge in [-0.05, 0) is 17.7 Å². The van der Waals surface area contributed by atoms with Gasteiger partial charge in [0.15, 0.2) is 11.4 Å². The van der Waals surface area contributed by atoms with Crippen molar-refractivity contribution >= 4 is 38.6 Å². The number of carbonyl (C=O) groups is 2. The smallest absolute Gasteiger partial charge is 0.360 e. The average molecular weight is 444 g/mol. The lowest BCUT2D eigenvalue weighted by Crippen LogP contribution is -2.12. The fourth-order valence-electron chi connectivity index (χ4n) is 2.72. The minimum atomic E-state index is -0.631. The Morgan fingerprint density at radius 1 is 1.04 bits per heavy atom. The van der Waals surface area contributed by atoms with Crippen LogP contribution in [-0.4, -0.2) is 24.0 Å². The number of benzene rings is 2. The van der Waals surface area contributed by atoms with E-state index in [0.29, 0.717) is 16.8 Å². The van der Waals surface area contributed by atoms with E-state index in [1.54, 1.807) is 0 Å². The summed E-state index contributed by atoms with van der Waals surface area (Å²) in [5, 5.41) is 1.39. The Labute approximate surface area is 170 Å². The first-order chi connectivity index (χ1) is 13.5. The number of pyridine rings is 1. The molecule has 7 heteroatoms. The molecule has 0 spiro atoms. The quantitative estimate of drug-likeness (QED) is 0.524. The summed E-state index contributed by atoms with van der Waals surface area (Å²) in [7, 11) is 1.28. The second-order valence-corrected chi connectivity index (χ2v) is 6.89. The molecule has 0 N–H and O–H groups in total. The Morgan fingerprint density at radius 2 is 1.79 bits per heavy atom.